The van der Waals surface area contributed by atoms with Crippen molar-refractivity contribution < 1.29 is 4.39 Å². The molecule has 1 aromatic carbocycles. The van der Waals surface area contributed by atoms with Gasteiger partial charge in [-0.15, -0.1) is 0 Å². The van der Waals surface area contributed by atoms with Gasteiger partial charge in [-0.2, -0.15) is 0 Å². The first-order valence-electron chi connectivity index (χ1n) is 6.87. The lowest BCUT2D eigenvalue weighted by Crippen LogP contribution is -2.26. The number of nitrogens with one attached hydrogen (secondary N) is 1. The van der Waals surface area contributed by atoms with Crippen molar-refractivity contribution in [1.82, 2.24) is 5.32 Å². The average molecular weight is 314 g/mol. The SMILES string of the molecule is CCCC(CNC1CC1)Cc1cccc(F)c1Br. The molecule has 0 saturated heterocycles. The fourth-order valence-corrected chi connectivity index (χ4v) is 2.75. The molecule has 100 valence electrons. The standard InChI is InChI=1S/C15H21BrFN/c1-2-4-11(10-18-13-7-8-13)9-12-5-3-6-14(17)15(12)16/h3,5-6,11,13,18H,2,4,7-10H2,1H3. The molecule has 0 radical (unpaired) electrons. The molecule has 1 N–H and O–H groups in total. The van der Waals surface area contributed by atoms with Gasteiger partial charge in [-0.05, 0) is 65.7 Å². The highest BCUT2D eigenvalue weighted by atomic mass is 79.9. The molecule has 2 rings (SSSR count). The minimum absolute atomic E-state index is 0.155. The highest BCUT2D eigenvalue weighted by Crippen LogP contribution is 2.25. The third kappa shape index (κ3) is 4.06. The van der Waals surface area contributed by atoms with Crippen LogP contribution >= 0.6 is 15.9 Å². The van der Waals surface area contributed by atoms with E-state index in [-0.39, 0.29) is 5.82 Å². The summed E-state index contributed by atoms with van der Waals surface area (Å²) in [4.78, 5) is 0. The Bertz CT molecular complexity index is 390. The predicted octanol–water partition coefficient (Wildman–Crippen LogP) is 4.30. The van der Waals surface area contributed by atoms with E-state index in [0.717, 1.165) is 24.6 Å². The van der Waals surface area contributed by atoms with E-state index in [1.54, 1.807) is 6.07 Å². The third-order valence-corrected chi connectivity index (χ3v) is 4.40. The average Bonchev–Trinajstić information content (AvgIpc) is 3.16. The van der Waals surface area contributed by atoms with E-state index >= 15 is 0 Å². The summed E-state index contributed by atoms with van der Waals surface area (Å²) in [5, 5.41) is 3.59. The molecule has 1 fully saturated rings. The van der Waals surface area contributed by atoms with E-state index in [1.165, 1.54) is 31.7 Å². The largest absolute Gasteiger partial charge is 0.314 e. The van der Waals surface area contributed by atoms with Gasteiger partial charge in [0.15, 0.2) is 0 Å². The van der Waals surface area contributed by atoms with Crippen LogP contribution in [0.4, 0.5) is 4.39 Å². The van der Waals surface area contributed by atoms with Gasteiger partial charge in [-0.25, -0.2) is 4.39 Å². The van der Waals surface area contributed by atoms with Crippen LogP contribution in [-0.2, 0) is 6.42 Å². The van der Waals surface area contributed by atoms with Crippen molar-refractivity contribution in [1.29, 1.82) is 0 Å². The summed E-state index contributed by atoms with van der Waals surface area (Å²) in [6.45, 7) is 3.27. The normalized spacial score (nSPS) is 16.8. The molecule has 0 amide bonds. The summed E-state index contributed by atoms with van der Waals surface area (Å²) < 4.78 is 14.1. The van der Waals surface area contributed by atoms with Crippen LogP contribution in [0.15, 0.2) is 22.7 Å². The zero-order valence-corrected chi connectivity index (χ0v) is 12.5. The molecule has 1 nitrogen and oxygen atoms in total. The van der Waals surface area contributed by atoms with Crippen LogP contribution in [0.3, 0.4) is 0 Å². The van der Waals surface area contributed by atoms with Gasteiger partial charge in [0.05, 0.1) is 4.47 Å². The van der Waals surface area contributed by atoms with Gasteiger partial charge >= 0.3 is 0 Å². The number of benzene rings is 1. The fourth-order valence-electron chi connectivity index (χ4n) is 2.32. The van der Waals surface area contributed by atoms with Crippen LogP contribution in [0.2, 0.25) is 0 Å². The van der Waals surface area contributed by atoms with E-state index in [9.17, 15) is 4.39 Å². The number of rotatable bonds is 7. The van der Waals surface area contributed by atoms with E-state index in [1.807, 2.05) is 6.07 Å². The van der Waals surface area contributed by atoms with Gasteiger partial charge in [0.1, 0.15) is 5.82 Å². The Morgan fingerprint density at radius 2 is 2.22 bits per heavy atom. The van der Waals surface area contributed by atoms with Crippen LogP contribution < -0.4 is 5.32 Å². The minimum Gasteiger partial charge on any atom is -0.314 e. The molecule has 1 aliphatic rings. The maximum Gasteiger partial charge on any atom is 0.137 e. The summed E-state index contributed by atoms with van der Waals surface area (Å²) >= 11 is 3.36. The molecule has 1 aromatic rings. The molecule has 1 aliphatic carbocycles. The van der Waals surface area contributed by atoms with E-state index in [2.05, 4.69) is 28.2 Å². The lowest BCUT2D eigenvalue weighted by atomic mass is 9.95. The first-order chi connectivity index (χ1) is 8.70. The molecule has 0 spiro atoms. The number of halogens is 2. The smallest absolute Gasteiger partial charge is 0.137 e. The van der Waals surface area contributed by atoms with Crippen molar-refractivity contribution in [3.8, 4) is 0 Å². The minimum atomic E-state index is -0.155. The number of hydrogen-bond donors (Lipinski definition) is 1. The fraction of sp³-hybridized carbons (Fsp3) is 0.600. The molecule has 0 aliphatic heterocycles. The van der Waals surface area contributed by atoms with Crippen molar-refractivity contribution in [3.05, 3.63) is 34.1 Å². The first-order valence-corrected chi connectivity index (χ1v) is 7.66. The predicted molar refractivity (Wildman–Crippen MR) is 77.2 cm³/mol. The first kappa shape index (κ1) is 14.0. The van der Waals surface area contributed by atoms with Crippen molar-refractivity contribution >= 4 is 15.9 Å². The van der Waals surface area contributed by atoms with Crippen LogP contribution in [-0.4, -0.2) is 12.6 Å². The summed E-state index contributed by atoms with van der Waals surface area (Å²) in [7, 11) is 0. The zero-order valence-electron chi connectivity index (χ0n) is 10.9. The second-order valence-electron chi connectivity index (χ2n) is 5.25. The Morgan fingerprint density at radius 1 is 1.44 bits per heavy atom. The Hall–Kier alpha value is -0.410. The molecular formula is C15H21BrFN. The van der Waals surface area contributed by atoms with E-state index in [0.29, 0.717) is 10.4 Å². The van der Waals surface area contributed by atoms with E-state index in [4.69, 9.17) is 0 Å². The second kappa shape index (κ2) is 6.67. The van der Waals surface area contributed by atoms with Gasteiger partial charge in [-0.3, -0.25) is 0 Å². The summed E-state index contributed by atoms with van der Waals surface area (Å²) in [6, 6.07) is 6.07. The lowest BCUT2D eigenvalue weighted by Gasteiger charge is -2.18. The molecular weight excluding hydrogens is 293 g/mol. The maximum absolute atomic E-state index is 13.5. The van der Waals surface area contributed by atoms with Crippen molar-refractivity contribution in [3.63, 3.8) is 0 Å². The van der Waals surface area contributed by atoms with Gasteiger partial charge in [0.25, 0.3) is 0 Å². The monoisotopic (exact) mass is 313 g/mol. The van der Waals surface area contributed by atoms with Gasteiger partial charge in [0, 0.05) is 6.04 Å². The molecule has 18 heavy (non-hydrogen) atoms. The van der Waals surface area contributed by atoms with Gasteiger partial charge in [0.2, 0.25) is 0 Å². The number of hydrogen-bond acceptors (Lipinski definition) is 1. The molecule has 1 unspecified atom stereocenters. The van der Waals surface area contributed by atoms with Gasteiger partial charge in [-0.1, -0.05) is 25.5 Å². The topological polar surface area (TPSA) is 12.0 Å². The Kier molecular flexibility index (Phi) is 5.19. The van der Waals surface area contributed by atoms with Crippen LogP contribution in [0.25, 0.3) is 0 Å². The van der Waals surface area contributed by atoms with Crippen molar-refractivity contribution in [2.45, 2.75) is 45.1 Å². The summed E-state index contributed by atoms with van der Waals surface area (Å²) in [6.07, 6.45) is 5.98. The summed E-state index contributed by atoms with van der Waals surface area (Å²) in [5.74, 6) is 0.451. The van der Waals surface area contributed by atoms with Crippen LogP contribution in [0.1, 0.15) is 38.2 Å². The molecule has 1 saturated carbocycles. The molecule has 3 heteroatoms. The molecule has 0 heterocycles. The molecule has 0 bridgehead atoms. The highest BCUT2D eigenvalue weighted by molar-refractivity contribution is 9.10. The molecule has 0 aromatic heterocycles. The second-order valence-corrected chi connectivity index (χ2v) is 6.05. The van der Waals surface area contributed by atoms with Crippen LogP contribution in [0, 0.1) is 11.7 Å². The highest BCUT2D eigenvalue weighted by Gasteiger charge is 2.22. The Labute approximate surface area is 117 Å². The van der Waals surface area contributed by atoms with E-state index < -0.39 is 0 Å². The lowest BCUT2D eigenvalue weighted by molar-refractivity contribution is 0.435. The zero-order chi connectivity index (χ0) is 13.0. The molecule has 1 atom stereocenters. The van der Waals surface area contributed by atoms with Crippen molar-refractivity contribution in [2.75, 3.05) is 6.54 Å². The van der Waals surface area contributed by atoms with Crippen molar-refractivity contribution in [2.24, 2.45) is 5.92 Å². The van der Waals surface area contributed by atoms with Crippen LogP contribution in [0.5, 0.6) is 0 Å². The third-order valence-electron chi connectivity index (χ3n) is 3.51. The Balaban J connectivity index is 1.95. The Morgan fingerprint density at radius 3 is 2.89 bits per heavy atom. The van der Waals surface area contributed by atoms with Gasteiger partial charge < -0.3 is 5.32 Å². The maximum atomic E-state index is 13.5. The quantitative estimate of drug-likeness (QED) is 0.791. The summed E-state index contributed by atoms with van der Waals surface area (Å²) in [5.41, 5.74) is 1.09.